The highest BCUT2D eigenvalue weighted by atomic mass is 35.5. The van der Waals surface area contributed by atoms with Crippen LogP contribution in [-0.2, 0) is 30.8 Å². The first-order chi connectivity index (χ1) is 13.7. The maximum Gasteiger partial charge on any atom is 0.242 e. The van der Waals surface area contributed by atoms with Crippen LogP contribution in [0.4, 0.5) is 4.39 Å². The van der Waals surface area contributed by atoms with Gasteiger partial charge in [0.15, 0.2) is 0 Å². The second-order valence-corrected chi connectivity index (χ2v) is 9.33. The van der Waals surface area contributed by atoms with Gasteiger partial charge in [-0.25, -0.2) is 17.5 Å². The Hall–Kier alpha value is -1.75. The minimum absolute atomic E-state index is 0.0432. The molecule has 1 aromatic rings. The number of aryl methyl sites for hydroxylation is 1. The largest absolute Gasteiger partial charge is 0.378 e. The first kappa shape index (κ1) is 21.9. The van der Waals surface area contributed by atoms with Crippen molar-refractivity contribution < 1.29 is 27.1 Å². The summed E-state index contributed by atoms with van der Waals surface area (Å²) in [7, 11) is -3.80. The molecule has 11 heteroatoms. The number of hydrogen-bond donors (Lipinski definition) is 1. The lowest BCUT2D eigenvalue weighted by Crippen LogP contribution is -2.48. The third-order valence-electron chi connectivity index (χ3n) is 4.96. The van der Waals surface area contributed by atoms with E-state index in [0.717, 1.165) is 6.07 Å². The van der Waals surface area contributed by atoms with Crippen molar-refractivity contribution in [1.82, 2.24) is 14.5 Å². The molecule has 0 bridgehead atoms. The number of morpholine rings is 1. The predicted octanol–water partition coefficient (Wildman–Crippen LogP) is 0.401. The average molecular weight is 448 g/mol. The van der Waals surface area contributed by atoms with E-state index in [1.54, 1.807) is 4.90 Å². The number of sulfonamides is 1. The molecule has 0 saturated carbocycles. The Bertz CT molecular complexity index is 876. The number of nitrogens with one attached hydrogen (secondary N) is 1. The SMILES string of the molecule is O=C(CN1CC[C@H](NS(=O)(=O)CCc2ccc(Cl)cc2F)C1=O)N1CCOCC1. The van der Waals surface area contributed by atoms with Gasteiger partial charge in [0.1, 0.15) is 11.9 Å². The Morgan fingerprint density at radius 3 is 2.69 bits per heavy atom. The Morgan fingerprint density at radius 1 is 1.28 bits per heavy atom. The Balaban J connectivity index is 1.51. The highest BCUT2D eigenvalue weighted by Crippen LogP contribution is 2.17. The number of hydrogen-bond acceptors (Lipinski definition) is 5. The zero-order valence-electron chi connectivity index (χ0n) is 15.8. The van der Waals surface area contributed by atoms with Gasteiger partial charge in [-0.05, 0) is 30.5 Å². The quantitative estimate of drug-likeness (QED) is 0.652. The van der Waals surface area contributed by atoms with Crippen LogP contribution >= 0.6 is 11.6 Å². The summed E-state index contributed by atoms with van der Waals surface area (Å²) in [6.45, 7) is 2.13. The van der Waals surface area contributed by atoms with E-state index in [9.17, 15) is 22.4 Å². The summed E-state index contributed by atoms with van der Waals surface area (Å²) in [5, 5.41) is 0.232. The molecule has 0 aromatic heterocycles. The van der Waals surface area contributed by atoms with E-state index in [4.69, 9.17) is 16.3 Å². The van der Waals surface area contributed by atoms with Gasteiger partial charge in [-0.3, -0.25) is 9.59 Å². The summed E-state index contributed by atoms with van der Waals surface area (Å²) < 4.78 is 46.1. The predicted molar refractivity (Wildman–Crippen MR) is 104 cm³/mol. The molecule has 1 N–H and O–H groups in total. The number of halogens is 2. The van der Waals surface area contributed by atoms with Crippen molar-refractivity contribution >= 4 is 33.4 Å². The molecular formula is C18H23ClFN3O5S. The van der Waals surface area contributed by atoms with Gasteiger partial charge < -0.3 is 14.5 Å². The van der Waals surface area contributed by atoms with Crippen LogP contribution in [-0.4, -0.2) is 81.2 Å². The Labute approximate surface area is 174 Å². The Morgan fingerprint density at radius 2 is 2.00 bits per heavy atom. The van der Waals surface area contributed by atoms with Crippen LogP contribution in [0.15, 0.2) is 18.2 Å². The van der Waals surface area contributed by atoms with Crippen LogP contribution in [0.25, 0.3) is 0 Å². The van der Waals surface area contributed by atoms with E-state index < -0.39 is 27.8 Å². The van der Waals surface area contributed by atoms with Gasteiger partial charge in [0, 0.05) is 24.7 Å². The van der Waals surface area contributed by atoms with Gasteiger partial charge in [0.2, 0.25) is 21.8 Å². The zero-order chi connectivity index (χ0) is 21.0. The van der Waals surface area contributed by atoms with Gasteiger partial charge in [0.25, 0.3) is 0 Å². The lowest BCUT2D eigenvalue weighted by molar-refractivity contribution is -0.141. The molecule has 160 valence electrons. The van der Waals surface area contributed by atoms with Crippen molar-refractivity contribution in [2.24, 2.45) is 0 Å². The molecule has 2 saturated heterocycles. The summed E-state index contributed by atoms with van der Waals surface area (Å²) in [5.41, 5.74) is 0.232. The minimum atomic E-state index is -3.80. The highest BCUT2D eigenvalue weighted by molar-refractivity contribution is 7.89. The van der Waals surface area contributed by atoms with E-state index in [1.165, 1.54) is 17.0 Å². The van der Waals surface area contributed by atoms with Gasteiger partial charge >= 0.3 is 0 Å². The van der Waals surface area contributed by atoms with Crippen LogP contribution in [0.2, 0.25) is 5.02 Å². The van der Waals surface area contributed by atoms with Crippen LogP contribution in [0.1, 0.15) is 12.0 Å². The second-order valence-electron chi connectivity index (χ2n) is 7.02. The monoisotopic (exact) mass is 447 g/mol. The lowest BCUT2D eigenvalue weighted by atomic mass is 10.2. The molecule has 0 spiro atoms. The van der Waals surface area contributed by atoms with Crippen molar-refractivity contribution in [3.63, 3.8) is 0 Å². The minimum Gasteiger partial charge on any atom is -0.378 e. The molecule has 3 rings (SSSR count). The lowest BCUT2D eigenvalue weighted by Gasteiger charge is -2.28. The molecular weight excluding hydrogens is 425 g/mol. The topological polar surface area (TPSA) is 96.0 Å². The van der Waals surface area contributed by atoms with E-state index in [-0.39, 0.29) is 41.6 Å². The number of carbonyl (C=O) groups excluding carboxylic acids is 2. The fourth-order valence-corrected chi connectivity index (χ4v) is 4.74. The molecule has 0 unspecified atom stereocenters. The molecule has 2 heterocycles. The van der Waals surface area contributed by atoms with E-state index in [1.807, 2.05) is 0 Å². The van der Waals surface area contributed by atoms with Crippen LogP contribution in [0, 0.1) is 5.82 Å². The first-order valence-electron chi connectivity index (χ1n) is 9.33. The number of nitrogens with zero attached hydrogens (tertiary/aromatic N) is 2. The molecule has 1 aromatic carbocycles. The van der Waals surface area contributed by atoms with Crippen molar-refractivity contribution in [2.75, 3.05) is 45.1 Å². The van der Waals surface area contributed by atoms with Crippen LogP contribution in [0.5, 0.6) is 0 Å². The van der Waals surface area contributed by atoms with Crippen molar-refractivity contribution in [3.05, 3.63) is 34.6 Å². The fraction of sp³-hybridized carbons (Fsp3) is 0.556. The maximum atomic E-state index is 13.8. The standard InChI is InChI=1S/C18H23ClFN3O5S/c19-14-2-1-13(15(20)11-14)4-10-29(26,27)21-16-3-5-23(18(16)25)12-17(24)22-6-8-28-9-7-22/h1-2,11,16,21H,3-10,12H2/t16-/m0/s1. The van der Waals surface area contributed by atoms with Crippen LogP contribution < -0.4 is 4.72 Å². The van der Waals surface area contributed by atoms with E-state index in [0.29, 0.717) is 32.8 Å². The maximum absolute atomic E-state index is 13.8. The van der Waals surface area contributed by atoms with E-state index >= 15 is 0 Å². The van der Waals surface area contributed by atoms with E-state index in [2.05, 4.69) is 4.72 Å². The molecule has 0 radical (unpaired) electrons. The van der Waals surface area contributed by atoms with Crippen LogP contribution in [0.3, 0.4) is 0 Å². The normalized spacial score (nSPS) is 20.3. The molecule has 1 atom stereocenters. The summed E-state index contributed by atoms with van der Waals surface area (Å²) in [5.74, 6) is -1.53. The summed E-state index contributed by atoms with van der Waals surface area (Å²) in [6, 6.07) is 3.14. The van der Waals surface area contributed by atoms with Crippen molar-refractivity contribution in [3.8, 4) is 0 Å². The van der Waals surface area contributed by atoms with Gasteiger partial charge in [0.05, 0.1) is 25.5 Å². The molecule has 2 fully saturated rings. The molecule has 2 aliphatic rings. The number of likely N-dealkylation sites (tertiary alicyclic amines) is 1. The van der Waals surface area contributed by atoms with Gasteiger partial charge in [-0.2, -0.15) is 0 Å². The third kappa shape index (κ3) is 5.88. The molecule has 0 aliphatic carbocycles. The molecule has 2 amide bonds. The summed E-state index contributed by atoms with van der Waals surface area (Å²) >= 11 is 5.69. The highest BCUT2D eigenvalue weighted by Gasteiger charge is 2.36. The smallest absolute Gasteiger partial charge is 0.242 e. The van der Waals surface area contributed by atoms with Crippen molar-refractivity contribution in [2.45, 2.75) is 18.9 Å². The van der Waals surface area contributed by atoms with Gasteiger partial charge in [-0.1, -0.05) is 17.7 Å². The number of rotatable bonds is 7. The molecule has 2 aliphatic heterocycles. The van der Waals surface area contributed by atoms with Crippen molar-refractivity contribution in [1.29, 1.82) is 0 Å². The fourth-order valence-electron chi connectivity index (χ4n) is 3.33. The molecule has 8 nitrogen and oxygen atoms in total. The Kier molecular flexibility index (Phi) is 7.10. The molecule has 29 heavy (non-hydrogen) atoms. The second kappa shape index (κ2) is 9.38. The zero-order valence-corrected chi connectivity index (χ0v) is 17.3. The van der Waals surface area contributed by atoms with Gasteiger partial charge in [-0.15, -0.1) is 0 Å². The number of benzene rings is 1. The number of amides is 2. The first-order valence-corrected chi connectivity index (χ1v) is 11.4. The average Bonchev–Trinajstić information content (AvgIpc) is 3.01. The third-order valence-corrected chi connectivity index (χ3v) is 6.58. The summed E-state index contributed by atoms with van der Waals surface area (Å²) in [4.78, 5) is 27.8. The summed E-state index contributed by atoms with van der Waals surface area (Å²) in [6.07, 6.45) is 0.238. The number of carbonyl (C=O) groups is 2. The number of ether oxygens (including phenoxy) is 1.